The van der Waals surface area contributed by atoms with Crippen molar-refractivity contribution in [1.29, 1.82) is 0 Å². The number of phenols is 1. The molecule has 0 bridgehead atoms. The van der Waals surface area contributed by atoms with Crippen LogP contribution in [-0.4, -0.2) is 16.2 Å². The summed E-state index contributed by atoms with van der Waals surface area (Å²) >= 11 is 5.96. The van der Waals surface area contributed by atoms with Crippen molar-refractivity contribution in [3.05, 3.63) is 28.8 Å². The topological polar surface area (TPSA) is 57.5 Å². The van der Waals surface area contributed by atoms with Crippen LogP contribution in [0.4, 0.5) is 0 Å². The molecule has 0 aliphatic carbocycles. The molecule has 0 heterocycles. The zero-order valence-corrected chi connectivity index (χ0v) is 13.7. The highest BCUT2D eigenvalue weighted by molar-refractivity contribution is 6.29. The molecule has 112 valence electrons. The van der Waals surface area contributed by atoms with Crippen LogP contribution in [0.5, 0.6) is 5.75 Å². The van der Waals surface area contributed by atoms with Crippen LogP contribution < -0.4 is 0 Å². The van der Waals surface area contributed by atoms with Gasteiger partial charge in [-0.15, -0.1) is 11.6 Å². The quantitative estimate of drug-likeness (QED) is 0.798. The van der Waals surface area contributed by atoms with Gasteiger partial charge in [0.15, 0.2) is 5.38 Å². The average molecular weight is 299 g/mol. The standard InChI is InChI=1S/C16H23ClO3/c1-15(2,3)10-7-9(12(17)14(19)20)8-11(13(10)18)16(4,5)6/h7-8,12,18H,1-6H3,(H,19,20). The summed E-state index contributed by atoms with van der Waals surface area (Å²) in [6, 6.07) is 3.38. The highest BCUT2D eigenvalue weighted by atomic mass is 35.5. The van der Waals surface area contributed by atoms with E-state index in [4.69, 9.17) is 16.7 Å². The van der Waals surface area contributed by atoms with Crippen LogP contribution >= 0.6 is 11.6 Å². The average Bonchev–Trinajstić information content (AvgIpc) is 2.24. The molecule has 4 heteroatoms. The van der Waals surface area contributed by atoms with Gasteiger partial charge in [0.25, 0.3) is 0 Å². The molecule has 0 spiro atoms. The molecule has 1 aromatic carbocycles. The van der Waals surface area contributed by atoms with Crippen molar-refractivity contribution in [3.8, 4) is 5.75 Å². The van der Waals surface area contributed by atoms with E-state index in [2.05, 4.69) is 0 Å². The second-order valence-electron chi connectivity index (χ2n) is 7.17. The number of rotatable bonds is 2. The Morgan fingerprint density at radius 2 is 1.40 bits per heavy atom. The first-order valence-corrected chi connectivity index (χ1v) is 7.04. The number of carbonyl (C=O) groups is 1. The monoisotopic (exact) mass is 298 g/mol. The number of hydrogen-bond donors (Lipinski definition) is 2. The first kappa shape index (κ1) is 16.8. The molecule has 0 aliphatic heterocycles. The smallest absolute Gasteiger partial charge is 0.326 e. The van der Waals surface area contributed by atoms with Crippen LogP contribution in [-0.2, 0) is 15.6 Å². The Kier molecular flexibility index (Phi) is 4.45. The Bertz CT molecular complexity index is 486. The van der Waals surface area contributed by atoms with Crippen molar-refractivity contribution in [2.24, 2.45) is 0 Å². The Labute approximate surface area is 125 Å². The SMILES string of the molecule is CC(C)(C)c1cc(C(Cl)C(=O)O)cc(C(C)(C)C)c1O. The summed E-state index contributed by atoms with van der Waals surface area (Å²) in [7, 11) is 0. The summed E-state index contributed by atoms with van der Waals surface area (Å²) in [5, 5.41) is 18.5. The zero-order chi connectivity index (χ0) is 15.9. The van der Waals surface area contributed by atoms with Crippen LogP contribution in [0.3, 0.4) is 0 Å². The fourth-order valence-corrected chi connectivity index (χ4v) is 2.22. The van der Waals surface area contributed by atoms with Crippen molar-refractivity contribution in [2.75, 3.05) is 0 Å². The molecule has 0 amide bonds. The van der Waals surface area contributed by atoms with E-state index in [1.54, 1.807) is 12.1 Å². The van der Waals surface area contributed by atoms with Gasteiger partial charge in [0, 0.05) is 0 Å². The van der Waals surface area contributed by atoms with Gasteiger partial charge in [-0.25, -0.2) is 0 Å². The van der Waals surface area contributed by atoms with Crippen molar-refractivity contribution in [3.63, 3.8) is 0 Å². The van der Waals surface area contributed by atoms with E-state index in [0.29, 0.717) is 16.7 Å². The van der Waals surface area contributed by atoms with Gasteiger partial charge in [-0.2, -0.15) is 0 Å². The predicted molar refractivity (Wildman–Crippen MR) is 81.7 cm³/mol. The number of alkyl halides is 1. The number of hydrogen-bond acceptors (Lipinski definition) is 2. The molecule has 0 saturated heterocycles. The maximum atomic E-state index is 11.1. The molecule has 0 saturated carbocycles. The third-order valence-electron chi connectivity index (χ3n) is 3.26. The molecule has 20 heavy (non-hydrogen) atoms. The molecular formula is C16H23ClO3. The summed E-state index contributed by atoms with van der Waals surface area (Å²) in [6.07, 6.45) is 0. The lowest BCUT2D eigenvalue weighted by Crippen LogP contribution is -2.19. The van der Waals surface area contributed by atoms with E-state index < -0.39 is 11.3 Å². The highest BCUT2D eigenvalue weighted by Crippen LogP contribution is 2.41. The Hall–Kier alpha value is -1.22. The van der Waals surface area contributed by atoms with Gasteiger partial charge in [0.05, 0.1) is 0 Å². The van der Waals surface area contributed by atoms with Crippen LogP contribution in [0.25, 0.3) is 0 Å². The van der Waals surface area contributed by atoms with Crippen LogP contribution in [0, 0.1) is 0 Å². The number of halogens is 1. The molecule has 3 nitrogen and oxygen atoms in total. The highest BCUT2D eigenvalue weighted by Gasteiger charge is 2.29. The molecule has 1 rings (SSSR count). The van der Waals surface area contributed by atoms with Crippen molar-refractivity contribution in [1.82, 2.24) is 0 Å². The largest absolute Gasteiger partial charge is 0.507 e. The number of carboxylic acid groups (broad SMARTS) is 1. The summed E-state index contributed by atoms with van der Waals surface area (Å²) in [6.45, 7) is 11.8. The normalized spacial score (nSPS) is 14.2. The molecule has 0 fully saturated rings. The second-order valence-corrected chi connectivity index (χ2v) is 7.60. The molecule has 0 aromatic heterocycles. The lowest BCUT2D eigenvalue weighted by molar-refractivity contribution is -0.136. The first-order chi connectivity index (χ1) is 8.85. The van der Waals surface area contributed by atoms with Gasteiger partial charge in [-0.1, -0.05) is 41.5 Å². The van der Waals surface area contributed by atoms with Gasteiger partial charge in [-0.3, -0.25) is 4.79 Å². The number of benzene rings is 1. The number of aliphatic carboxylic acids is 1. The first-order valence-electron chi connectivity index (χ1n) is 6.60. The fraction of sp³-hybridized carbons (Fsp3) is 0.562. The van der Waals surface area contributed by atoms with Gasteiger partial charge in [0.2, 0.25) is 0 Å². The lowest BCUT2D eigenvalue weighted by atomic mass is 9.78. The van der Waals surface area contributed by atoms with E-state index >= 15 is 0 Å². The van der Waals surface area contributed by atoms with Crippen LogP contribution in [0.15, 0.2) is 12.1 Å². The maximum Gasteiger partial charge on any atom is 0.326 e. The minimum atomic E-state index is -1.11. The third-order valence-corrected chi connectivity index (χ3v) is 3.70. The molecule has 0 radical (unpaired) electrons. The van der Waals surface area contributed by atoms with Gasteiger partial charge in [0.1, 0.15) is 5.75 Å². The van der Waals surface area contributed by atoms with E-state index in [0.717, 1.165) is 0 Å². The summed E-state index contributed by atoms with van der Waals surface area (Å²) in [5.74, 6) is -0.861. The Morgan fingerprint density at radius 1 is 1.05 bits per heavy atom. The van der Waals surface area contributed by atoms with E-state index in [1.807, 2.05) is 41.5 Å². The maximum absolute atomic E-state index is 11.1. The summed E-state index contributed by atoms with van der Waals surface area (Å²) in [5.41, 5.74) is 1.34. The van der Waals surface area contributed by atoms with Gasteiger partial charge in [-0.05, 0) is 39.7 Å². The molecular weight excluding hydrogens is 276 g/mol. The number of phenolic OH excluding ortho intramolecular Hbond substituents is 1. The van der Waals surface area contributed by atoms with E-state index in [-0.39, 0.29) is 16.6 Å². The second kappa shape index (κ2) is 5.28. The minimum Gasteiger partial charge on any atom is -0.507 e. The van der Waals surface area contributed by atoms with Crippen LogP contribution in [0.2, 0.25) is 0 Å². The van der Waals surface area contributed by atoms with E-state index in [1.165, 1.54) is 0 Å². The Balaban J connectivity index is 3.63. The molecule has 1 unspecified atom stereocenters. The fourth-order valence-electron chi connectivity index (χ4n) is 2.09. The van der Waals surface area contributed by atoms with Crippen molar-refractivity contribution < 1.29 is 15.0 Å². The van der Waals surface area contributed by atoms with Gasteiger partial charge >= 0.3 is 5.97 Å². The Morgan fingerprint density at radius 3 is 1.65 bits per heavy atom. The van der Waals surface area contributed by atoms with Crippen LogP contribution in [0.1, 0.15) is 63.6 Å². The third kappa shape index (κ3) is 3.45. The molecule has 0 aliphatic rings. The predicted octanol–water partition coefficient (Wildman–Crippen LogP) is 4.35. The molecule has 1 aromatic rings. The minimum absolute atomic E-state index is 0.225. The number of carboxylic acids is 1. The summed E-state index contributed by atoms with van der Waals surface area (Å²) < 4.78 is 0. The molecule has 2 N–H and O–H groups in total. The van der Waals surface area contributed by atoms with Gasteiger partial charge < -0.3 is 10.2 Å². The van der Waals surface area contributed by atoms with E-state index in [9.17, 15) is 9.90 Å². The number of aromatic hydroxyl groups is 1. The zero-order valence-electron chi connectivity index (χ0n) is 12.9. The van der Waals surface area contributed by atoms with Crippen molar-refractivity contribution >= 4 is 17.6 Å². The molecule has 1 atom stereocenters. The summed E-state index contributed by atoms with van der Waals surface area (Å²) in [4.78, 5) is 11.1. The lowest BCUT2D eigenvalue weighted by Gasteiger charge is -2.28. The van der Waals surface area contributed by atoms with Crippen molar-refractivity contribution in [2.45, 2.75) is 57.7 Å².